The monoisotopic (exact) mass is 639 g/mol. The molecular weight excluding hydrogens is 602 g/mol. The predicted molar refractivity (Wildman–Crippen MR) is 166 cm³/mol. The largest absolute Gasteiger partial charge is 0.352 e. The number of anilines is 1. The molecule has 0 aromatic heterocycles. The number of hydrogen-bond donors (Lipinski definition) is 1. The highest BCUT2D eigenvalue weighted by Gasteiger charge is 2.34. The highest BCUT2D eigenvalue weighted by atomic mass is 79.9. The lowest BCUT2D eigenvalue weighted by Crippen LogP contribution is -2.52. The number of aryl methyl sites for hydroxylation is 3. The zero-order valence-corrected chi connectivity index (χ0v) is 26.5. The molecule has 1 aliphatic carbocycles. The number of halogens is 1. The lowest BCUT2D eigenvalue weighted by molar-refractivity contribution is -0.139. The van der Waals surface area contributed by atoms with Crippen LogP contribution in [0.4, 0.5) is 5.69 Å². The van der Waals surface area contributed by atoms with Crippen molar-refractivity contribution in [3.05, 3.63) is 93.5 Å². The van der Waals surface area contributed by atoms with Crippen LogP contribution in [0, 0.1) is 20.8 Å². The van der Waals surface area contributed by atoms with E-state index in [1.165, 1.54) is 9.21 Å². The summed E-state index contributed by atoms with van der Waals surface area (Å²) < 4.78 is 30.2. The highest BCUT2D eigenvalue weighted by Crippen LogP contribution is 2.29. The topological polar surface area (TPSA) is 86.8 Å². The molecule has 1 atom stereocenters. The van der Waals surface area contributed by atoms with Crippen molar-refractivity contribution >= 4 is 43.5 Å². The van der Waals surface area contributed by atoms with E-state index in [-0.39, 0.29) is 23.4 Å². The van der Waals surface area contributed by atoms with E-state index in [1.54, 1.807) is 37.3 Å². The zero-order valence-electron chi connectivity index (χ0n) is 24.1. The normalized spacial score (nSPS) is 14.5. The third-order valence-electron chi connectivity index (χ3n) is 7.63. The van der Waals surface area contributed by atoms with Gasteiger partial charge in [0.15, 0.2) is 0 Å². The standard InChI is InChI=1S/C32H38BrN3O4S/c1-22-13-16-29(17-14-22)41(39,40)36(30-18-23(2)12-15-24(30)3)21-31(37)35(20-26-8-7-9-27(33)19-26)25(4)32(38)34-28-10-5-6-11-28/h7-9,12-19,25,28H,5-6,10-11,20-21H2,1-4H3,(H,34,38)/t25-/m0/s1. The zero-order chi connectivity index (χ0) is 29.7. The van der Waals surface area contributed by atoms with Crippen molar-refractivity contribution < 1.29 is 18.0 Å². The van der Waals surface area contributed by atoms with Crippen LogP contribution in [0.1, 0.15) is 54.9 Å². The molecule has 1 saturated carbocycles. The minimum atomic E-state index is -4.11. The Kier molecular flexibility index (Phi) is 9.92. The molecule has 0 radical (unpaired) electrons. The predicted octanol–water partition coefficient (Wildman–Crippen LogP) is 6.05. The van der Waals surface area contributed by atoms with E-state index in [9.17, 15) is 18.0 Å². The SMILES string of the molecule is Cc1ccc(S(=O)(=O)N(CC(=O)N(Cc2cccc(Br)c2)[C@@H](C)C(=O)NC2CCCC2)c2cc(C)ccc2C)cc1. The maximum Gasteiger partial charge on any atom is 0.264 e. The molecule has 0 saturated heterocycles. The van der Waals surface area contributed by atoms with Crippen LogP contribution in [0.25, 0.3) is 0 Å². The number of rotatable bonds is 10. The van der Waals surface area contributed by atoms with Gasteiger partial charge in [-0.1, -0.05) is 70.7 Å². The van der Waals surface area contributed by atoms with Crippen molar-refractivity contribution in [2.24, 2.45) is 0 Å². The molecule has 3 aromatic carbocycles. The van der Waals surface area contributed by atoms with Crippen LogP contribution in [-0.4, -0.2) is 43.8 Å². The smallest absolute Gasteiger partial charge is 0.264 e. The van der Waals surface area contributed by atoms with Gasteiger partial charge in [-0.2, -0.15) is 0 Å². The van der Waals surface area contributed by atoms with Gasteiger partial charge >= 0.3 is 0 Å². The van der Waals surface area contributed by atoms with Crippen molar-refractivity contribution in [2.75, 3.05) is 10.8 Å². The number of carbonyl (C=O) groups is 2. The maximum absolute atomic E-state index is 14.2. The second-order valence-electron chi connectivity index (χ2n) is 10.9. The quantitative estimate of drug-likeness (QED) is 0.293. The third-order valence-corrected chi connectivity index (χ3v) is 9.90. The second-order valence-corrected chi connectivity index (χ2v) is 13.7. The molecule has 0 bridgehead atoms. The molecule has 7 nitrogen and oxygen atoms in total. The summed E-state index contributed by atoms with van der Waals surface area (Å²) in [5.74, 6) is -0.699. The van der Waals surface area contributed by atoms with Crippen molar-refractivity contribution in [3.63, 3.8) is 0 Å². The van der Waals surface area contributed by atoms with Gasteiger partial charge in [-0.05, 0) is 87.6 Å². The van der Waals surface area contributed by atoms with E-state index < -0.39 is 28.5 Å². The molecular formula is C32H38BrN3O4S. The number of hydrogen-bond acceptors (Lipinski definition) is 4. The number of carbonyl (C=O) groups excluding carboxylic acids is 2. The summed E-state index contributed by atoms with van der Waals surface area (Å²) in [7, 11) is -4.11. The van der Waals surface area contributed by atoms with E-state index in [1.807, 2.05) is 57.2 Å². The molecule has 2 amide bonds. The van der Waals surface area contributed by atoms with Gasteiger partial charge in [0.25, 0.3) is 10.0 Å². The molecule has 0 spiro atoms. The van der Waals surface area contributed by atoms with Crippen LogP contribution >= 0.6 is 15.9 Å². The first-order valence-corrected chi connectivity index (χ1v) is 16.2. The maximum atomic E-state index is 14.2. The molecule has 1 N–H and O–H groups in total. The van der Waals surface area contributed by atoms with Gasteiger partial charge in [-0.25, -0.2) is 8.42 Å². The van der Waals surface area contributed by atoms with Gasteiger partial charge in [-0.15, -0.1) is 0 Å². The van der Waals surface area contributed by atoms with Crippen LogP contribution in [0.15, 0.2) is 76.1 Å². The summed E-state index contributed by atoms with van der Waals surface area (Å²) >= 11 is 3.49. The molecule has 9 heteroatoms. The first-order valence-electron chi connectivity index (χ1n) is 14.0. The number of nitrogens with one attached hydrogen (secondary N) is 1. The molecule has 41 heavy (non-hydrogen) atoms. The Morgan fingerprint density at radius 3 is 2.27 bits per heavy atom. The minimum Gasteiger partial charge on any atom is -0.352 e. The summed E-state index contributed by atoms with van der Waals surface area (Å²) in [5.41, 5.74) is 3.79. The van der Waals surface area contributed by atoms with E-state index >= 15 is 0 Å². The van der Waals surface area contributed by atoms with Crippen LogP contribution < -0.4 is 9.62 Å². The van der Waals surface area contributed by atoms with Gasteiger partial charge in [0.05, 0.1) is 10.6 Å². The summed E-state index contributed by atoms with van der Waals surface area (Å²) in [6, 6.07) is 19.0. The molecule has 0 aliphatic heterocycles. The van der Waals surface area contributed by atoms with Crippen molar-refractivity contribution in [2.45, 2.75) is 76.9 Å². The Hall–Kier alpha value is -3.17. The fourth-order valence-electron chi connectivity index (χ4n) is 5.15. The van der Waals surface area contributed by atoms with Gasteiger partial charge in [-0.3, -0.25) is 13.9 Å². The number of benzene rings is 3. The first-order chi connectivity index (χ1) is 19.5. The van der Waals surface area contributed by atoms with E-state index in [2.05, 4.69) is 21.2 Å². The average Bonchev–Trinajstić information content (AvgIpc) is 3.44. The molecule has 1 fully saturated rings. The Morgan fingerprint density at radius 1 is 0.951 bits per heavy atom. The fourth-order valence-corrected chi connectivity index (χ4v) is 7.06. The number of amides is 2. The van der Waals surface area contributed by atoms with Crippen LogP contribution in [0.2, 0.25) is 0 Å². The molecule has 1 aliphatic rings. The lowest BCUT2D eigenvalue weighted by atomic mass is 10.1. The van der Waals surface area contributed by atoms with Crippen LogP contribution in [0.5, 0.6) is 0 Å². The second kappa shape index (κ2) is 13.2. The summed E-state index contributed by atoms with van der Waals surface area (Å²) in [6.07, 6.45) is 3.99. The van der Waals surface area contributed by atoms with E-state index in [0.717, 1.165) is 52.4 Å². The summed E-state index contributed by atoms with van der Waals surface area (Å²) in [6.45, 7) is 7.01. The third kappa shape index (κ3) is 7.57. The average molecular weight is 641 g/mol. The fraction of sp³-hybridized carbons (Fsp3) is 0.375. The molecule has 0 unspecified atom stereocenters. The van der Waals surface area contributed by atoms with Crippen molar-refractivity contribution in [1.29, 1.82) is 0 Å². The Labute approximate surface area is 252 Å². The van der Waals surface area contributed by atoms with Gasteiger partial charge in [0.2, 0.25) is 11.8 Å². The molecule has 3 aromatic rings. The number of sulfonamides is 1. The van der Waals surface area contributed by atoms with Crippen molar-refractivity contribution in [3.8, 4) is 0 Å². The first kappa shape index (κ1) is 30.8. The summed E-state index contributed by atoms with van der Waals surface area (Å²) in [5, 5.41) is 3.10. The van der Waals surface area contributed by atoms with E-state index in [4.69, 9.17) is 0 Å². The summed E-state index contributed by atoms with van der Waals surface area (Å²) in [4.78, 5) is 29.1. The molecule has 4 rings (SSSR count). The molecule has 218 valence electrons. The van der Waals surface area contributed by atoms with Crippen molar-refractivity contribution in [1.82, 2.24) is 10.2 Å². The number of nitrogens with zero attached hydrogens (tertiary/aromatic N) is 2. The Bertz CT molecular complexity index is 1500. The highest BCUT2D eigenvalue weighted by molar-refractivity contribution is 9.10. The van der Waals surface area contributed by atoms with Crippen LogP contribution in [0.3, 0.4) is 0 Å². The Morgan fingerprint density at radius 2 is 1.61 bits per heavy atom. The Balaban J connectivity index is 1.72. The van der Waals surface area contributed by atoms with Gasteiger partial charge in [0.1, 0.15) is 12.6 Å². The van der Waals surface area contributed by atoms with Gasteiger partial charge < -0.3 is 10.2 Å². The minimum absolute atomic E-state index is 0.0983. The molecule has 0 heterocycles. The van der Waals surface area contributed by atoms with Gasteiger partial charge in [0, 0.05) is 17.1 Å². The van der Waals surface area contributed by atoms with E-state index in [0.29, 0.717) is 5.69 Å². The lowest BCUT2D eigenvalue weighted by Gasteiger charge is -2.33. The van der Waals surface area contributed by atoms with Crippen LogP contribution in [-0.2, 0) is 26.2 Å².